The van der Waals surface area contributed by atoms with Crippen LogP contribution >= 0.6 is 23.2 Å². The van der Waals surface area contributed by atoms with E-state index < -0.39 is 18.0 Å². The topological polar surface area (TPSA) is 83.1 Å². The normalized spacial score (nSPS) is 13.3. The predicted molar refractivity (Wildman–Crippen MR) is 119 cm³/mol. The Morgan fingerprint density at radius 3 is 2.26 bits per heavy atom. The van der Waals surface area contributed by atoms with E-state index in [0.29, 0.717) is 22.6 Å². The van der Waals surface area contributed by atoms with Gasteiger partial charge in [-0.3, -0.25) is 4.79 Å². The van der Waals surface area contributed by atoms with E-state index in [1.54, 1.807) is 54.6 Å². The minimum atomic E-state index is -1.10. The van der Waals surface area contributed by atoms with Gasteiger partial charge in [-0.1, -0.05) is 62.2 Å². The van der Waals surface area contributed by atoms with Crippen LogP contribution in [0, 0.1) is 40.4 Å². The van der Waals surface area contributed by atoms with Gasteiger partial charge in [-0.15, -0.1) is 0 Å². The zero-order chi connectivity index (χ0) is 23.0. The SMILES string of the molecule is CC(C)C(C(=O)OC(C#N)c1cccc(Oc2ccc(C#N)cc2)c1)C(C)C=C(Cl)Cl. The number of halogens is 2. The molecule has 0 heterocycles. The second-order valence-corrected chi connectivity index (χ2v) is 8.35. The van der Waals surface area contributed by atoms with E-state index in [1.165, 1.54) is 0 Å². The Bertz CT molecular complexity index is 1020. The van der Waals surface area contributed by atoms with Crippen molar-refractivity contribution in [2.45, 2.75) is 26.9 Å². The van der Waals surface area contributed by atoms with E-state index in [2.05, 4.69) is 0 Å². The summed E-state index contributed by atoms with van der Waals surface area (Å²) >= 11 is 11.5. The first-order valence-corrected chi connectivity index (χ1v) is 10.4. The Hall–Kier alpha value is -2.99. The van der Waals surface area contributed by atoms with Crippen molar-refractivity contribution in [3.05, 3.63) is 70.2 Å². The van der Waals surface area contributed by atoms with Gasteiger partial charge < -0.3 is 9.47 Å². The molecular weight excluding hydrogens is 435 g/mol. The first kappa shape index (κ1) is 24.3. The van der Waals surface area contributed by atoms with Crippen molar-refractivity contribution in [2.24, 2.45) is 17.8 Å². The minimum Gasteiger partial charge on any atom is -0.457 e. The zero-order valence-electron chi connectivity index (χ0n) is 17.4. The van der Waals surface area contributed by atoms with Gasteiger partial charge >= 0.3 is 5.97 Å². The fourth-order valence-corrected chi connectivity index (χ4v) is 3.63. The molecule has 0 aliphatic rings. The number of allylic oxidation sites excluding steroid dienone is 1. The standard InChI is InChI=1S/C24H22Cl2N2O3/c1-15(2)23(16(3)11-22(25)26)24(29)31-21(14-28)18-5-4-6-20(12-18)30-19-9-7-17(13-27)8-10-19/h4-12,15-16,21,23H,1-3H3. The molecule has 3 unspecified atom stereocenters. The van der Waals surface area contributed by atoms with E-state index in [-0.39, 0.29) is 16.3 Å². The summed E-state index contributed by atoms with van der Waals surface area (Å²) in [5, 5.41) is 18.5. The highest BCUT2D eigenvalue weighted by molar-refractivity contribution is 6.55. The average molecular weight is 457 g/mol. The summed E-state index contributed by atoms with van der Waals surface area (Å²) in [7, 11) is 0. The van der Waals surface area contributed by atoms with Gasteiger partial charge in [-0.25, -0.2) is 0 Å². The lowest BCUT2D eigenvalue weighted by Crippen LogP contribution is -2.29. The van der Waals surface area contributed by atoms with Crippen molar-refractivity contribution in [3.8, 4) is 23.6 Å². The van der Waals surface area contributed by atoms with Crippen LogP contribution < -0.4 is 4.74 Å². The first-order valence-electron chi connectivity index (χ1n) is 9.66. The third-order valence-corrected chi connectivity index (χ3v) is 4.93. The van der Waals surface area contributed by atoms with Crippen molar-refractivity contribution in [1.82, 2.24) is 0 Å². The minimum absolute atomic E-state index is 0.0446. The van der Waals surface area contributed by atoms with E-state index in [1.807, 2.05) is 32.9 Å². The maximum absolute atomic E-state index is 12.8. The van der Waals surface area contributed by atoms with Crippen LogP contribution in [0.15, 0.2) is 59.1 Å². The number of esters is 1. The zero-order valence-corrected chi connectivity index (χ0v) is 18.9. The van der Waals surface area contributed by atoms with Gasteiger partial charge in [0.1, 0.15) is 22.1 Å². The molecule has 160 valence electrons. The Labute approximate surface area is 192 Å². The van der Waals surface area contributed by atoms with Gasteiger partial charge in [0.15, 0.2) is 0 Å². The van der Waals surface area contributed by atoms with Crippen LogP contribution in [0.1, 0.15) is 38.0 Å². The van der Waals surface area contributed by atoms with Crippen molar-refractivity contribution in [3.63, 3.8) is 0 Å². The molecule has 31 heavy (non-hydrogen) atoms. The molecule has 0 saturated heterocycles. The van der Waals surface area contributed by atoms with Crippen LogP contribution in [0.25, 0.3) is 0 Å². The smallest absolute Gasteiger partial charge is 0.311 e. The average Bonchev–Trinajstić information content (AvgIpc) is 2.72. The number of rotatable bonds is 8. The highest BCUT2D eigenvalue weighted by atomic mass is 35.5. The Balaban J connectivity index is 2.19. The largest absolute Gasteiger partial charge is 0.457 e. The van der Waals surface area contributed by atoms with Gasteiger partial charge in [0.25, 0.3) is 0 Å². The molecule has 0 aliphatic heterocycles. The molecule has 2 aromatic rings. The summed E-state index contributed by atoms with van der Waals surface area (Å²) < 4.78 is 11.4. The van der Waals surface area contributed by atoms with Crippen molar-refractivity contribution >= 4 is 29.2 Å². The van der Waals surface area contributed by atoms with E-state index >= 15 is 0 Å². The van der Waals surface area contributed by atoms with Gasteiger partial charge in [0, 0.05) is 5.56 Å². The monoisotopic (exact) mass is 456 g/mol. The number of nitriles is 2. The number of carbonyl (C=O) groups is 1. The molecule has 0 amide bonds. The van der Waals surface area contributed by atoms with E-state index in [0.717, 1.165) is 0 Å². The molecule has 0 aliphatic carbocycles. The predicted octanol–water partition coefficient (Wildman–Crippen LogP) is 6.69. The van der Waals surface area contributed by atoms with Gasteiger partial charge in [-0.2, -0.15) is 10.5 Å². The molecule has 0 radical (unpaired) electrons. The molecule has 0 saturated carbocycles. The van der Waals surface area contributed by atoms with Crippen LogP contribution in [0.5, 0.6) is 11.5 Å². The number of carbonyl (C=O) groups excluding carboxylic acids is 1. The second kappa shape index (κ2) is 11.4. The summed E-state index contributed by atoms with van der Waals surface area (Å²) in [5.41, 5.74) is 1.01. The summed E-state index contributed by atoms with van der Waals surface area (Å²) in [6.07, 6.45) is 0.489. The molecule has 0 spiro atoms. The van der Waals surface area contributed by atoms with Crippen molar-refractivity contribution in [1.29, 1.82) is 10.5 Å². The lowest BCUT2D eigenvalue weighted by Gasteiger charge is -2.25. The summed E-state index contributed by atoms with van der Waals surface area (Å²) in [6, 6.07) is 17.5. The Morgan fingerprint density at radius 1 is 1.03 bits per heavy atom. The molecule has 0 aromatic heterocycles. The molecule has 7 heteroatoms. The molecule has 2 aromatic carbocycles. The molecular formula is C24H22Cl2N2O3. The van der Waals surface area contributed by atoms with Crippen molar-refractivity contribution in [2.75, 3.05) is 0 Å². The number of benzene rings is 2. The maximum atomic E-state index is 12.8. The van der Waals surface area contributed by atoms with Crippen LogP contribution in [0.3, 0.4) is 0 Å². The molecule has 3 atom stereocenters. The molecule has 0 bridgehead atoms. The summed E-state index contributed by atoms with van der Waals surface area (Å²) in [4.78, 5) is 12.8. The number of ether oxygens (including phenoxy) is 2. The number of hydrogen-bond donors (Lipinski definition) is 0. The Kier molecular flexibility index (Phi) is 8.94. The first-order chi connectivity index (χ1) is 14.7. The highest BCUT2D eigenvalue weighted by Gasteiger charge is 2.31. The quantitative estimate of drug-likeness (QED) is 0.413. The lowest BCUT2D eigenvalue weighted by atomic mass is 9.84. The third-order valence-electron chi connectivity index (χ3n) is 4.68. The van der Waals surface area contributed by atoms with Crippen LogP contribution in [0.4, 0.5) is 0 Å². The summed E-state index contributed by atoms with van der Waals surface area (Å²) in [5.74, 6) is -0.302. The van der Waals surface area contributed by atoms with Crippen LogP contribution in [-0.4, -0.2) is 5.97 Å². The van der Waals surface area contributed by atoms with Gasteiger partial charge in [0.05, 0.1) is 17.6 Å². The fourth-order valence-electron chi connectivity index (χ4n) is 3.23. The molecule has 0 fully saturated rings. The van der Waals surface area contributed by atoms with Crippen molar-refractivity contribution < 1.29 is 14.3 Å². The molecule has 2 rings (SSSR count). The Morgan fingerprint density at radius 2 is 1.71 bits per heavy atom. The number of hydrogen-bond acceptors (Lipinski definition) is 5. The van der Waals surface area contributed by atoms with Gasteiger partial charge in [0.2, 0.25) is 6.10 Å². The van der Waals surface area contributed by atoms with Crippen LogP contribution in [-0.2, 0) is 9.53 Å². The highest BCUT2D eigenvalue weighted by Crippen LogP contribution is 2.30. The number of nitrogens with zero attached hydrogens (tertiary/aromatic N) is 2. The molecule has 0 N–H and O–H groups in total. The summed E-state index contributed by atoms with van der Waals surface area (Å²) in [6.45, 7) is 5.61. The molecule has 5 nitrogen and oxygen atoms in total. The second-order valence-electron chi connectivity index (χ2n) is 7.34. The third kappa shape index (κ3) is 7.03. The van der Waals surface area contributed by atoms with E-state index in [9.17, 15) is 10.1 Å². The van der Waals surface area contributed by atoms with Gasteiger partial charge in [-0.05, 0) is 48.2 Å². The fraction of sp³-hybridized carbons (Fsp3) is 0.292. The maximum Gasteiger partial charge on any atom is 0.311 e. The lowest BCUT2D eigenvalue weighted by molar-refractivity contribution is -0.154. The van der Waals surface area contributed by atoms with Crippen LogP contribution in [0.2, 0.25) is 0 Å². The van der Waals surface area contributed by atoms with E-state index in [4.69, 9.17) is 37.9 Å².